The van der Waals surface area contributed by atoms with Gasteiger partial charge in [0.2, 0.25) is 0 Å². The number of fused-ring (bicyclic) bond motifs is 1. The summed E-state index contributed by atoms with van der Waals surface area (Å²) in [5, 5.41) is 31.7. The molecule has 0 amide bonds. The highest BCUT2D eigenvalue weighted by Gasteiger charge is 2.18. The predicted octanol–water partition coefficient (Wildman–Crippen LogP) is 4.87. The maximum atomic E-state index is 10.7. The third kappa shape index (κ3) is 3.99. The van der Waals surface area contributed by atoms with Gasteiger partial charge in [-0.15, -0.1) is 15.3 Å². The van der Waals surface area contributed by atoms with Crippen molar-refractivity contribution in [2.45, 2.75) is 0 Å². The fourth-order valence-electron chi connectivity index (χ4n) is 2.65. The Labute approximate surface area is 184 Å². The topological polar surface area (TPSA) is 201 Å². The zero-order chi connectivity index (χ0) is 22.8. The summed E-state index contributed by atoms with van der Waals surface area (Å²) in [4.78, 5) is 14.5. The van der Waals surface area contributed by atoms with Crippen LogP contribution in [0, 0.1) is 10.1 Å². The lowest BCUT2D eigenvalue weighted by Gasteiger charge is -2.05. The molecule has 160 valence electrons. The summed E-state index contributed by atoms with van der Waals surface area (Å²) in [6.07, 6.45) is 0. The molecule has 2 aromatic heterocycles. The molecule has 0 saturated heterocycles. The summed E-state index contributed by atoms with van der Waals surface area (Å²) < 4.78 is 1.23. The van der Waals surface area contributed by atoms with E-state index in [4.69, 9.17) is 28.8 Å². The van der Waals surface area contributed by atoms with Crippen LogP contribution >= 0.6 is 11.6 Å². The quantitative estimate of drug-likeness (QED) is 0.218. The van der Waals surface area contributed by atoms with E-state index in [9.17, 15) is 10.1 Å². The minimum absolute atomic E-state index is 0.0257. The van der Waals surface area contributed by atoms with E-state index in [0.717, 1.165) is 0 Å². The van der Waals surface area contributed by atoms with Gasteiger partial charge in [0.25, 0.3) is 5.69 Å². The molecule has 0 spiro atoms. The zero-order valence-corrected chi connectivity index (χ0v) is 16.9. The third-order valence-corrected chi connectivity index (χ3v) is 4.47. The molecule has 4 aromatic rings. The molecule has 0 radical (unpaired) electrons. The van der Waals surface area contributed by atoms with E-state index in [2.05, 4.69) is 30.5 Å². The number of azo groups is 2. The molecule has 0 saturated carbocycles. The number of aromatic nitrogens is 3. The van der Waals surface area contributed by atoms with Crippen LogP contribution in [0.3, 0.4) is 0 Å². The fraction of sp³-hybridized carbons (Fsp3) is 0. The highest BCUT2D eigenvalue weighted by Crippen LogP contribution is 2.36. The summed E-state index contributed by atoms with van der Waals surface area (Å²) in [6, 6.07) is 12.2. The van der Waals surface area contributed by atoms with E-state index in [0.29, 0.717) is 16.4 Å². The van der Waals surface area contributed by atoms with Gasteiger partial charge in [0.15, 0.2) is 34.5 Å². The summed E-state index contributed by atoms with van der Waals surface area (Å²) in [6.45, 7) is 0. The molecule has 0 aliphatic heterocycles. The van der Waals surface area contributed by atoms with Gasteiger partial charge in [-0.25, -0.2) is 4.98 Å². The van der Waals surface area contributed by atoms with Crippen molar-refractivity contribution in [2.24, 2.45) is 20.5 Å². The van der Waals surface area contributed by atoms with Crippen LogP contribution in [0.4, 0.5) is 45.9 Å². The van der Waals surface area contributed by atoms with Crippen molar-refractivity contribution in [3.63, 3.8) is 0 Å². The van der Waals surface area contributed by atoms with Crippen LogP contribution < -0.4 is 17.2 Å². The van der Waals surface area contributed by atoms with Crippen molar-refractivity contribution < 1.29 is 4.92 Å². The van der Waals surface area contributed by atoms with Crippen LogP contribution in [0.2, 0.25) is 5.02 Å². The first-order chi connectivity index (χ1) is 15.3. The number of nitrogen functional groups attached to an aromatic ring is 3. The van der Waals surface area contributed by atoms with Gasteiger partial charge in [0.1, 0.15) is 0 Å². The highest BCUT2D eigenvalue weighted by molar-refractivity contribution is 6.30. The Morgan fingerprint density at radius 3 is 2.00 bits per heavy atom. The van der Waals surface area contributed by atoms with Gasteiger partial charge in [-0.2, -0.15) is 14.7 Å². The number of rotatable bonds is 5. The van der Waals surface area contributed by atoms with E-state index in [1.54, 1.807) is 24.3 Å². The van der Waals surface area contributed by atoms with Crippen LogP contribution in [0.15, 0.2) is 69.0 Å². The van der Waals surface area contributed by atoms with Gasteiger partial charge in [0.05, 0.1) is 16.3 Å². The molecule has 0 aliphatic carbocycles. The molecule has 2 aromatic carbocycles. The van der Waals surface area contributed by atoms with E-state index in [1.807, 2.05) is 0 Å². The Morgan fingerprint density at radius 2 is 1.41 bits per heavy atom. The number of nitrogens with zero attached hydrogens (tertiary/aromatic N) is 8. The molecule has 0 fully saturated rings. The summed E-state index contributed by atoms with van der Waals surface area (Å²) >= 11 is 5.86. The molecule has 4 rings (SSSR count). The molecule has 2 heterocycles. The second kappa shape index (κ2) is 8.23. The van der Waals surface area contributed by atoms with Crippen LogP contribution in [-0.2, 0) is 0 Å². The first kappa shape index (κ1) is 20.6. The summed E-state index contributed by atoms with van der Waals surface area (Å²) in [7, 11) is 0. The van der Waals surface area contributed by atoms with Crippen LogP contribution in [0.5, 0.6) is 0 Å². The van der Waals surface area contributed by atoms with Crippen molar-refractivity contribution in [3.8, 4) is 0 Å². The van der Waals surface area contributed by atoms with Crippen molar-refractivity contribution in [3.05, 3.63) is 63.7 Å². The number of halogens is 1. The van der Waals surface area contributed by atoms with Crippen molar-refractivity contribution >= 4 is 63.1 Å². The van der Waals surface area contributed by atoms with Crippen LogP contribution in [0.25, 0.3) is 5.65 Å². The Balaban J connectivity index is 1.69. The highest BCUT2D eigenvalue weighted by atomic mass is 35.5. The first-order valence-electron chi connectivity index (χ1n) is 8.90. The number of nitro benzene ring substituents is 1. The van der Waals surface area contributed by atoms with Gasteiger partial charge >= 0.3 is 0 Å². The van der Waals surface area contributed by atoms with Gasteiger partial charge < -0.3 is 17.2 Å². The number of hydrogen-bond acceptors (Lipinski definition) is 11. The molecule has 0 unspecified atom stereocenters. The number of benzene rings is 2. The predicted molar refractivity (Wildman–Crippen MR) is 119 cm³/mol. The van der Waals surface area contributed by atoms with E-state index < -0.39 is 4.92 Å². The number of hydrogen-bond donors (Lipinski definition) is 3. The van der Waals surface area contributed by atoms with Crippen molar-refractivity contribution in [1.82, 2.24) is 14.6 Å². The molecular weight excluding hydrogens is 438 g/mol. The molecule has 0 aliphatic rings. The van der Waals surface area contributed by atoms with Crippen LogP contribution in [0.1, 0.15) is 0 Å². The maximum absolute atomic E-state index is 10.7. The van der Waals surface area contributed by atoms with E-state index >= 15 is 0 Å². The fourth-order valence-corrected chi connectivity index (χ4v) is 2.77. The van der Waals surface area contributed by atoms with Crippen molar-refractivity contribution in [1.29, 1.82) is 0 Å². The van der Waals surface area contributed by atoms with E-state index in [-0.39, 0.29) is 40.2 Å². The van der Waals surface area contributed by atoms with Crippen molar-refractivity contribution in [2.75, 3.05) is 17.2 Å². The third-order valence-electron chi connectivity index (χ3n) is 4.22. The summed E-state index contributed by atoms with van der Waals surface area (Å²) in [5.41, 5.74) is 19.4. The molecule has 0 bridgehead atoms. The number of nitrogens with two attached hydrogens (primary N) is 3. The minimum Gasteiger partial charge on any atom is -0.382 e. The molecule has 13 nitrogen and oxygen atoms in total. The lowest BCUT2D eigenvalue weighted by molar-refractivity contribution is -0.384. The minimum atomic E-state index is -0.515. The molecular formula is C18H14ClN11O2. The smallest absolute Gasteiger partial charge is 0.269 e. The maximum Gasteiger partial charge on any atom is 0.269 e. The number of nitro groups is 1. The normalized spacial score (nSPS) is 11.7. The largest absolute Gasteiger partial charge is 0.382 e. The number of anilines is 3. The Hall–Kier alpha value is -4.65. The second-order valence-corrected chi connectivity index (χ2v) is 6.79. The lowest BCUT2D eigenvalue weighted by atomic mass is 10.3. The summed E-state index contributed by atoms with van der Waals surface area (Å²) in [5.74, 6) is 0.0204. The lowest BCUT2D eigenvalue weighted by Crippen LogP contribution is -2.04. The zero-order valence-electron chi connectivity index (χ0n) is 16.1. The molecule has 6 N–H and O–H groups in total. The Kier molecular flexibility index (Phi) is 5.30. The van der Waals surface area contributed by atoms with Gasteiger partial charge in [-0.1, -0.05) is 11.6 Å². The SMILES string of the molecule is Nc1nc2c(N=Nc3ccc(Cl)cc3)c(N)nn2c(N)c1N=Nc1ccc([N+](=O)[O-])cc1. The van der Waals surface area contributed by atoms with Gasteiger partial charge in [-0.05, 0) is 36.4 Å². The molecule has 14 heteroatoms. The molecule has 32 heavy (non-hydrogen) atoms. The first-order valence-corrected chi connectivity index (χ1v) is 9.28. The Morgan fingerprint density at radius 1 is 0.844 bits per heavy atom. The Bertz CT molecular complexity index is 1380. The van der Waals surface area contributed by atoms with Gasteiger partial charge in [0, 0.05) is 17.2 Å². The van der Waals surface area contributed by atoms with Gasteiger partial charge in [-0.3, -0.25) is 10.1 Å². The number of non-ortho nitro benzene ring substituents is 1. The average Bonchev–Trinajstić information content (AvgIpc) is 3.08. The van der Waals surface area contributed by atoms with Crippen LogP contribution in [-0.4, -0.2) is 19.5 Å². The average molecular weight is 452 g/mol. The monoisotopic (exact) mass is 451 g/mol. The standard InChI is InChI=1S/C18H14ClN11O2/c19-9-1-3-10(4-2-9)25-27-14-16(21)28-29-17(22)13(15(20)23-18(14)29)26-24-11-5-7-12(8-6-11)30(31)32/h1-8H,22H2,(H2,20,23)(H2,21,28). The van der Waals surface area contributed by atoms with E-state index in [1.165, 1.54) is 28.8 Å². The second-order valence-electron chi connectivity index (χ2n) is 6.35. The molecule has 0 atom stereocenters.